The van der Waals surface area contributed by atoms with Gasteiger partial charge in [-0.05, 0) is 43.7 Å². The summed E-state index contributed by atoms with van der Waals surface area (Å²) in [6.07, 6.45) is 2.78. The van der Waals surface area contributed by atoms with Gasteiger partial charge in [0, 0.05) is 28.7 Å². The minimum atomic E-state index is -1.22. The lowest BCUT2D eigenvalue weighted by molar-refractivity contribution is -0.385. The lowest BCUT2D eigenvalue weighted by Crippen LogP contribution is -2.22. The molecule has 3 rings (SSSR count). The van der Waals surface area contributed by atoms with Crippen molar-refractivity contribution in [3.63, 3.8) is 0 Å². The van der Waals surface area contributed by atoms with Gasteiger partial charge in [0.2, 0.25) is 0 Å². The second-order valence-electron chi connectivity index (χ2n) is 6.02. The van der Waals surface area contributed by atoms with E-state index in [-0.39, 0.29) is 11.3 Å². The SMILES string of the molecule is Cc1cc(/C=N/Nc2ccc([N+](=O)[O-])cn2)c(C)n1-c1ccc(C(=O)[O-])cc1. The fourth-order valence-corrected chi connectivity index (χ4v) is 2.79. The number of carboxylic acids is 1. The summed E-state index contributed by atoms with van der Waals surface area (Å²) in [5.74, 6) is -0.834. The molecule has 2 heterocycles. The number of nitrogens with zero attached hydrogens (tertiary/aromatic N) is 4. The molecule has 0 spiro atoms. The first-order valence-corrected chi connectivity index (χ1v) is 8.27. The largest absolute Gasteiger partial charge is 0.545 e. The number of hydrogen-bond acceptors (Lipinski definition) is 7. The van der Waals surface area contributed by atoms with Crippen molar-refractivity contribution in [2.45, 2.75) is 13.8 Å². The van der Waals surface area contributed by atoms with Gasteiger partial charge in [0.05, 0.1) is 17.1 Å². The van der Waals surface area contributed by atoms with Gasteiger partial charge in [-0.3, -0.25) is 15.5 Å². The number of carbonyl (C=O) groups excluding carboxylic acids is 1. The summed E-state index contributed by atoms with van der Waals surface area (Å²) in [5.41, 5.74) is 6.30. The van der Waals surface area contributed by atoms with Gasteiger partial charge in [-0.25, -0.2) is 4.98 Å². The predicted octanol–water partition coefficient (Wildman–Crippen LogP) is 2.21. The predicted molar refractivity (Wildman–Crippen MR) is 102 cm³/mol. The van der Waals surface area contributed by atoms with Crippen molar-refractivity contribution in [1.82, 2.24) is 9.55 Å². The number of pyridine rings is 1. The average molecular weight is 378 g/mol. The minimum Gasteiger partial charge on any atom is -0.545 e. The molecule has 0 radical (unpaired) electrons. The van der Waals surface area contributed by atoms with E-state index in [0.29, 0.717) is 5.82 Å². The molecule has 1 aromatic carbocycles. The Hall–Kier alpha value is -4.01. The standard InChI is InChI=1S/C19H17N5O4/c1-12-9-15(10-21-22-18-8-7-17(11-20-18)24(27)28)13(2)23(12)16-5-3-14(4-6-16)19(25)26/h3-11H,1-2H3,(H,20,22)(H,25,26)/p-1/b21-10+. The monoisotopic (exact) mass is 378 g/mol. The van der Waals surface area contributed by atoms with Gasteiger partial charge in [-0.15, -0.1) is 0 Å². The molecule has 0 bridgehead atoms. The Kier molecular flexibility index (Phi) is 5.16. The highest BCUT2D eigenvalue weighted by atomic mass is 16.6. The smallest absolute Gasteiger partial charge is 0.287 e. The number of anilines is 1. The Bertz CT molecular complexity index is 1050. The van der Waals surface area contributed by atoms with E-state index in [4.69, 9.17) is 0 Å². The molecule has 0 amide bonds. The van der Waals surface area contributed by atoms with Crippen molar-refractivity contribution in [3.05, 3.63) is 81.3 Å². The molecule has 0 unspecified atom stereocenters. The number of rotatable bonds is 6. The van der Waals surface area contributed by atoms with E-state index >= 15 is 0 Å². The van der Waals surface area contributed by atoms with Gasteiger partial charge in [0.1, 0.15) is 12.0 Å². The van der Waals surface area contributed by atoms with E-state index in [1.807, 2.05) is 24.5 Å². The molecule has 0 aliphatic carbocycles. The lowest BCUT2D eigenvalue weighted by Gasteiger charge is -2.11. The van der Waals surface area contributed by atoms with E-state index in [2.05, 4.69) is 15.5 Å². The molecule has 1 N–H and O–H groups in total. The first kappa shape index (κ1) is 18.8. The van der Waals surface area contributed by atoms with Crippen LogP contribution in [-0.2, 0) is 0 Å². The maximum atomic E-state index is 10.9. The van der Waals surface area contributed by atoms with Crippen LogP contribution in [0.4, 0.5) is 11.5 Å². The average Bonchev–Trinajstić information content (AvgIpc) is 2.95. The van der Waals surface area contributed by atoms with Crippen LogP contribution in [0.25, 0.3) is 5.69 Å². The summed E-state index contributed by atoms with van der Waals surface area (Å²) in [7, 11) is 0. The van der Waals surface area contributed by atoms with Crippen LogP contribution in [0.2, 0.25) is 0 Å². The maximum Gasteiger partial charge on any atom is 0.287 e. The topological polar surface area (TPSA) is 125 Å². The van der Waals surface area contributed by atoms with E-state index in [0.717, 1.165) is 28.8 Å². The third-order valence-corrected chi connectivity index (χ3v) is 4.17. The molecule has 3 aromatic rings. The molecule has 0 atom stereocenters. The number of aromatic nitrogens is 2. The van der Waals surface area contributed by atoms with E-state index in [1.165, 1.54) is 24.3 Å². The number of aromatic carboxylic acids is 1. The van der Waals surface area contributed by atoms with Crippen LogP contribution in [0.5, 0.6) is 0 Å². The number of carbonyl (C=O) groups is 1. The molecule has 0 aliphatic heterocycles. The number of aryl methyl sites for hydroxylation is 1. The Morgan fingerprint density at radius 2 is 1.93 bits per heavy atom. The Morgan fingerprint density at radius 3 is 2.50 bits per heavy atom. The Morgan fingerprint density at radius 1 is 1.21 bits per heavy atom. The first-order chi connectivity index (χ1) is 13.4. The molecule has 0 fully saturated rings. The fourth-order valence-electron chi connectivity index (χ4n) is 2.79. The second-order valence-corrected chi connectivity index (χ2v) is 6.02. The Labute approximate surface area is 160 Å². The molecule has 0 saturated carbocycles. The first-order valence-electron chi connectivity index (χ1n) is 8.27. The van der Waals surface area contributed by atoms with E-state index < -0.39 is 10.9 Å². The van der Waals surface area contributed by atoms with Gasteiger partial charge < -0.3 is 14.5 Å². The summed E-state index contributed by atoms with van der Waals surface area (Å²) in [6.45, 7) is 3.85. The lowest BCUT2D eigenvalue weighted by atomic mass is 10.2. The molecule has 0 saturated heterocycles. The van der Waals surface area contributed by atoms with Crippen LogP contribution in [0.1, 0.15) is 27.3 Å². The molecular weight excluding hydrogens is 362 g/mol. The maximum absolute atomic E-state index is 10.9. The Balaban J connectivity index is 1.78. The molecule has 0 aliphatic rings. The summed E-state index contributed by atoms with van der Waals surface area (Å²) in [5, 5.41) is 25.7. The number of carboxylic acid groups (broad SMARTS) is 1. The van der Waals surface area contributed by atoms with Crippen molar-refractivity contribution in [2.75, 3.05) is 5.43 Å². The minimum absolute atomic E-state index is 0.0947. The second kappa shape index (κ2) is 7.70. The zero-order chi connectivity index (χ0) is 20.3. The van der Waals surface area contributed by atoms with Crippen LogP contribution in [0.15, 0.2) is 53.8 Å². The summed E-state index contributed by atoms with van der Waals surface area (Å²) < 4.78 is 1.98. The molecule has 9 nitrogen and oxygen atoms in total. The van der Waals surface area contributed by atoms with Gasteiger partial charge in [0.15, 0.2) is 0 Å². The third kappa shape index (κ3) is 3.88. The van der Waals surface area contributed by atoms with E-state index in [9.17, 15) is 20.0 Å². The molecule has 9 heteroatoms. The molecule has 28 heavy (non-hydrogen) atoms. The normalized spacial score (nSPS) is 10.9. The van der Waals surface area contributed by atoms with Gasteiger partial charge in [0.25, 0.3) is 5.69 Å². The highest BCUT2D eigenvalue weighted by Gasteiger charge is 2.10. The molecule has 2 aromatic heterocycles. The van der Waals surface area contributed by atoms with Crippen molar-refractivity contribution >= 4 is 23.7 Å². The number of hydrogen-bond donors (Lipinski definition) is 1. The number of nitro groups is 1. The zero-order valence-corrected chi connectivity index (χ0v) is 15.1. The summed E-state index contributed by atoms with van der Waals surface area (Å²) in [4.78, 5) is 24.9. The highest BCUT2D eigenvalue weighted by Crippen LogP contribution is 2.20. The number of benzene rings is 1. The van der Waals surface area contributed by atoms with Gasteiger partial charge in [-0.2, -0.15) is 5.10 Å². The molecule has 142 valence electrons. The quantitative estimate of drug-likeness (QED) is 0.398. The van der Waals surface area contributed by atoms with Crippen LogP contribution in [0.3, 0.4) is 0 Å². The van der Waals surface area contributed by atoms with Crippen molar-refractivity contribution in [2.24, 2.45) is 5.10 Å². The zero-order valence-electron chi connectivity index (χ0n) is 15.1. The highest BCUT2D eigenvalue weighted by molar-refractivity contribution is 5.86. The van der Waals surface area contributed by atoms with Crippen LogP contribution >= 0.6 is 0 Å². The van der Waals surface area contributed by atoms with Crippen LogP contribution in [-0.4, -0.2) is 26.7 Å². The van der Waals surface area contributed by atoms with Crippen molar-refractivity contribution in [1.29, 1.82) is 0 Å². The summed E-state index contributed by atoms with van der Waals surface area (Å²) in [6, 6.07) is 11.2. The van der Waals surface area contributed by atoms with Gasteiger partial charge in [-0.1, -0.05) is 12.1 Å². The number of nitrogens with one attached hydrogen (secondary N) is 1. The van der Waals surface area contributed by atoms with Crippen LogP contribution < -0.4 is 10.5 Å². The summed E-state index contributed by atoms with van der Waals surface area (Å²) >= 11 is 0. The van der Waals surface area contributed by atoms with Crippen molar-refractivity contribution < 1.29 is 14.8 Å². The fraction of sp³-hybridized carbons (Fsp3) is 0.105. The van der Waals surface area contributed by atoms with Crippen LogP contribution in [0, 0.1) is 24.0 Å². The third-order valence-electron chi connectivity index (χ3n) is 4.17. The van der Waals surface area contributed by atoms with E-state index in [1.54, 1.807) is 18.3 Å². The number of hydrazone groups is 1. The van der Waals surface area contributed by atoms with Gasteiger partial charge >= 0.3 is 0 Å². The van der Waals surface area contributed by atoms with Crippen molar-refractivity contribution in [3.8, 4) is 5.69 Å². The molecular formula is C19H16N5O4-.